The summed E-state index contributed by atoms with van der Waals surface area (Å²) >= 11 is 0. The van der Waals surface area contributed by atoms with Crippen molar-refractivity contribution in [2.24, 2.45) is 0 Å². The zero-order valence-corrected chi connectivity index (χ0v) is 21.0. The Morgan fingerprint density at radius 1 is 0.559 bits per heavy atom. The van der Waals surface area contributed by atoms with E-state index in [0.29, 0.717) is 0 Å². The van der Waals surface area contributed by atoms with E-state index >= 15 is 0 Å². The maximum Gasteiger partial charge on any atom is 0.118 e. The van der Waals surface area contributed by atoms with Gasteiger partial charge in [-0.1, -0.05) is 117 Å². The van der Waals surface area contributed by atoms with Gasteiger partial charge in [0, 0.05) is 5.41 Å². The quantitative estimate of drug-likeness (QED) is 0.302. The number of ether oxygens (including phenoxy) is 2. The molecule has 0 heterocycles. The molecule has 0 aliphatic rings. The van der Waals surface area contributed by atoms with Crippen LogP contribution in [-0.2, 0) is 5.41 Å². The maximum atomic E-state index is 5.19. The highest BCUT2D eigenvalue weighted by Gasteiger charge is 2.22. The lowest BCUT2D eigenvalue weighted by Crippen LogP contribution is -2.18. The van der Waals surface area contributed by atoms with E-state index in [2.05, 4.69) is 69.0 Å². The predicted molar refractivity (Wildman–Crippen MR) is 146 cm³/mol. The second kappa shape index (κ2) is 13.7. The second-order valence-electron chi connectivity index (χ2n) is 8.38. The van der Waals surface area contributed by atoms with Crippen LogP contribution < -0.4 is 9.47 Å². The van der Waals surface area contributed by atoms with Gasteiger partial charge in [-0.15, -0.1) is 0 Å². The fourth-order valence-corrected chi connectivity index (χ4v) is 3.31. The van der Waals surface area contributed by atoms with Gasteiger partial charge >= 0.3 is 0 Å². The molecule has 0 spiro atoms. The number of para-hydroxylation sites is 1. The van der Waals surface area contributed by atoms with E-state index in [-0.39, 0.29) is 5.41 Å². The third-order valence-electron chi connectivity index (χ3n) is 5.55. The van der Waals surface area contributed by atoms with Crippen molar-refractivity contribution in [2.45, 2.75) is 26.2 Å². The minimum Gasteiger partial charge on any atom is -0.497 e. The molecule has 0 unspecified atom stereocenters. The topological polar surface area (TPSA) is 18.5 Å². The van der Waals surface area contributed by atoms with Crippen LogP contribution in [0.1, 0.15) is 37.5 Å². The van der Waals surface area contributed by atoms with E-state index < -0.39 is 0 Å². The molecule has 0 aliphatic carbocycles. The highest BCUT2D eigenvalue weighted by Crippen LogP contribution is 2.32. The van der Waals surface area contributed by atoms with Gasteiger partial charge in [0.15, 0.2) is 0 Å². The standard InChI is InChI=1S/C16H18O.C9H10.C7H8O/c1-16(2,13-7-5-4-6-8-13)14-9-11-15(17-3)12-10-14;1-8(2)9-6-4-3-5-7-9;1-8-7-5-3-2-4-6-7/h4-12H,1-3H3;3-7H,1H2,2H3;2-6H,1H3. The molecule has 0 aliphatic heterocycles. The van der Waals surface area contributed by atoms with Crippen LogP contribution in [0.2, 0.25) is 0 Å². The molecule has 0 fully saturated rings. The van der Waals surface area contributed by atoms with Gasteiger partial charge in [0.2, 0.25) is 0 Å². The van der Waals surface area contributed by atoms with Crippen molar-refractivity contribution in [3.63, 3.8) is 0 Å². The SMILES string of the molecule is C=C(C)c1ccccc1.COc1ccc(C(C)(C)c2ccccc2)cc1.COc1ccccc1. The predicted octanol–water partition coefficient (Wildman–Crippen LogP) is 8.44. The lowest BCUT2D eigenvalue weighted by atomic mass is 9.78. The molecule has 0 saturated heterocycles. The van der Waals surface area contributed by atoms with Gasteiger partial charge in [-0.25, -0.2) is 0 Å². The first kappa shape index (κ1) is 26.5. The number of hydrogen-bond donors (Lipinski definition) is 0. The monoisotopic (exact) mass is 452 g/mol. The van der Waals surface area contributed by atoms with Crippen LogP contribution in [0.3, 0.4) is 0 Å². The van der Waals surface area contributed by atoms with Crippen LogP contribution in [0.4, 0.5) is 0 Å². The Kier molecular flexibility index (Phi) is 10.7. The van der Waals surface area contributed by atoms with Crippen molar-refractivity contribution in [3.8, 4) is 11.5 Å². The van der Waals surface area contributed by atoms with E-state index in [1.54, 1.807) is 14.2 Å². The molecule has 34 heavy (non-hydrogen) atoms. The van der Waals surface area contributed by atoms with Crippen LogP contribution >= 0.6 is 0 Å². The van der Waals surface area contributed by atoms with Crippen molar-refractivity contribution < 1.29 is 9.47 Å². The van der Waals surface area contributed by atoms with Crippen LogP contribution in [0.25, 0.3) is 5.57 Å². The third-order valence-corrected chi connectivity index (χ3v) is 5.55. The van der Waals surface area contributed by atoms with Gasteiger partial charge in [-0.2, -0.15) is 0 Å². The normalized spacial score (nSPS) is 10.0. The molecule has 0 atom stereocenters. The van der Waals surface area contributed by atoms with E-state index in [9.17, 15) is 0 Å². The molecule has 0 amide bonds. The van der Waals surface area contributed by atoms with E-state index in [4.69, 9.17) is 9.47 Å². The van der Waals surface area contributed by atoms with Crippen LogP contribution in [0, 0.1) is 0 Å². The van der Waals surface area contributed by atoms with Gasteiger partial charge in [0.25, 0.3) is 0 Å². The molecule has 176 valence electrons. The van der Waals surface area contributed by atoms with Crippen molar-refractivity contribution in [2.75, 3.05) is 14.2 Å². The molecule has 2 nitrogen and oxygen atoms in total. The van der Waals surface area contributed by atoms with Crippen molar-refractivity contribution in [3.05, 3.63) is 139 Å². The number of hydrogen-bond acceptors (Lipinski definition) is 2. The smallest absolute Gasteiger partial charge is 0.118 e. The first-order chi connectivity index (χ1) is 16.4. The zero-order chi connectivity index (χ0) is 24.8. The van der Waals surface area contributed by atoms with Gasteiger partial charge < -0.3 is 9.47 Å². The van der Waals surface area contributed by atoms with Gasteiger partial charge in [-0.05, 0) is 47.9 Å². The van der Waals surface area contributed by atoms with Crippen LogP contribution in [0.15, 0.2) is 122 Å². The summed E-state index contributed by atoms with van der Waals surface area (Å²) in [4.78, 5) is 0. The highest BCUT2D eigenvalue weighted by molar-refractivity contribution is 5.60. The van der Waals surface area contributed by atoms with E-state index in [0.717, 1.165) is 17.1 Å². The summed E-state index contributed by atoms with van der Waals surface area (Å²) in [5.41, 5.74) is 4.98. The minimum atomic E-state index is 0.0214. The van der Waals surface area contributed by atoms with Crippen molar-refractivity contribution in [1.29, 1.82) is 0 Å². The molecule has 0 bridgehead atoms. The Morgan fingerprint density at radius 2 is 0.941 bits per heavy atom. The molecule has 4 aromatic carbocycles. The minimum absolute atomic E-state index is 0.0214. The molecular weight excluding hydrogens is 416 g/mol. The summed E-state index contributed by atoms with van der Waals surface area (Å²) in [6, 6.07) is 38.7. The third kappa shape index (κ3) is 8.29. The molecule has 0 saturated carbocycles. The Morgan fingerprint density at radius 3 is 1.32 bits per heavy atom. The first-order valence-electron chi connectivity index (χ1n) is 11.4. The fourth-order valence-electron chi connectivity index (χ4n) is 3.31. The van der Waals surface area contributed by atoms with Crippen LogP contribution in [-0.4, -0.2) is 14.2 Å². The highest BCUT2D eigenvalue weighted by atomic mass is 16.5. The number of methoxy groups -OCH3 is 2. The van der Waals surface area contributed by atoms with Crippen LogP contribution in [0.5, 0.6) is 11.5 Å². The molecule has 4 rings (SSSR count). The molecule has 2 heteroatoms. The molecule has 0 aromatic heterocycles. The van der Waals surface area contributed by atoms with Gasteiger partial charge in [0.1, 0.15) is 11.5 Å². The maximum absolute atomic E-state index is 5.19. The van der Waals surface area contributed by atoms with Crippen molar-refractivity contribution in [1.82, 2.24) is 0 Å². The number of rotatable bonds is 5. The summed E-state index contributed by atoms with van der Waals surface area (Å²) in [5, 5.41) is 0. The summed E-state index contributed by atoms with van der Waals surface area (Å²) in [6.07, 6.45) is 0. The lowest BCUT2D eigenvalue weighted by Gasteiger charge is -2.26. The lowest BCUT2D eigenvalue weighted by molar-refractivity contribution is 0.414. The Balaban J connectivity index is 0.000000201. The van der Waals surface area contributed by atoms with Gasteiger partial charge in [-0.3, -0.25) is 0 Å². The van der Waals surface area contributed by atoms with E-state index in [1.807, 2.05) is 73.7 Å². The Bertz CT molecular complexity index is 1080. The molecule has 4 aromatic rings. The first-order valence-corrected chi connectivity index (χ1v) is 11.4. The van der Waals surface area contributed by atoms with Crippen molar-refractivity contribution >= 4 is 5.57 Å². The Labute approximate surface area is 205 Å². The fraction of sp³-hybridized carbons (Fsp3) is 0.188. The average molecular weight is 453 g/mol. The average Bonchev–Trinajstić information content (AvgIpc) is 2.91. The number of benzene rings is 4. The largest absolute Gasteiger partial charge is 0.497 e. The summed E-state index contributed by atoms with van der Waals surface area (Å²) < 4.78 is 10.1. The van der Waals surface area contributed by atoms with Gasteiger partial charge in [0.05, 0.1) is 14.2 Å². The molecular formula is C32H36O2. The Hall–Kier alpha value is -3.78. The van der Waals surface area contributed by atoms with E-state index in [1.165, 1.54) is 16.7 Å². The number of allylic oxidation sites excluding steroid dienone is 1. The summed E-state index contributed by atoms with van der Waals surface area (Å²) in [5.74, 6) is 1.81. The summed E-state index contributed by atoms with van der Waals surface area (Å²) in [7, 11) is 3.35. The second-order valence-corrected chi connectivity index (χ2v) is 8.38. The molecule has 0 N–H and O–H groups in total. The molecule has 0 radical (unpaired) electrons. The summed E-state index contributed by atoms with van der Waals surface area (Å²) in [6.45, 7) is 10.3. The zero-order valence-electron chi connectivity index (χ0n) is 21.0.